The molecule has 2 N–H and O–H groups in total. The minimum atomic E-state index is -0.131. The number of hydrogen-bond donors (Lipinski definition) is 1. The van der Waals surface area contributed by atoms with Crippen molar-refractivity contribution in [3.05, 3.63) is 15.6 Å². The van der Waals surface area contributed by atoms with Crippen molar-refractivity contribution in [2.75, 3.05) is 6.61 Å². The van der Waals surface area contributed by atoms with Crippen molar-refractivity contribution in [2.45, 2.75) is 70.4 Å². The molecule has 1 heterocycles. The second-order valence-electron chi connectivity index (χ2n) is 6.45. The fourth-order valence-electron chi connectivity index (χ4n) is 3.81. The predicted molar refractivity (Wildman–Crippen MR) is 82.9 cm³/mol. The van der Waals surface area contributed by atoms with Crippen molar-refractivity contribution in [3.8, 4) is 0 Å². The van der Waals surface area contributed by atoms with Gasteiger partial charge < -0.3 is 10.5 Å². The molecule has 20 heavy (non-hydrogen) atoms. The first-order chi connectivity index (χ1) is 9.64. The normalized spacial score (nSPS) is 34.0. The van der Waals surface area contributed by atoms with Gasteiger partial charge in [0.2, 0.25) is 0 Å². The number of fused-ring (bicyclic) bond motifs is 1. The second kappa shape index (κ2) is 5.74. The van der Waals surface area contributed by atoms with Crippen LogP contribution in [0.5, 0.6) is 0 Å². The third-order valence-corrected chi connectivity index (χ3v) is 6.08. The van der Waals surface area contributed by atoms with Gasteiger partial charge in [-0.2, -0.15) is 0 Å². The van der Waals surface area contributed by atoms with Crippen LogP contribution in [0, 0.1) is 5.92 Å². The summed E-state index contributed by atoms with van der Waals surface area (Å²) in [5, 5.41) is 1.20. The lowest BCUT2D eigenvalue weighted by atomic mass is 9.79. The Morgan fingerprint density at radius 1 is 1.40 bits per heavy atom. The first-order valence-corrected chi connectivity index (χ1v) is 8.86. The summed E-state index contributed by atoms with van der Waals surface area (Å²) in [7, 11) is 0. The molecule has 3 nitrogen and oxygen atoms in total. The highest BCUT2D eigenvalue weighted by Crippen LogP contribution is 2.46. The number of hydrogen-bond acceptors (Lipinski definition) is 4. The van der Waals surface area contributed by atoms with Crippen LogP contribution in [-0.2, 0) is 16.8 Å². The van der Waals surface area contributed by atoms with Crippen molar-refractivity contribution in [1.29, 1.82) is 0 Å². The van der Waals surface area contributed by atoms with Crippen molar-refractivity contribution in [1.82, 2.24) is 4.98 Å². The lowest BCUT2D eigenvalue weighted by Crippen LogP contribution is -2.35. The highest BCUT2D eigenvalue weighted by atomic mass is 32.1. The maximum Gasteiger partial charge on any atom is 0.125 e. The number of thiazole rings is 1. The average Bonchev–Trinajstić information content (AvgIpc) is 2.85. The van der Waals surface area contributed by atoms with Crippen LogP contribution in [0.1, 0.15) is 74.0 Å². The Bertz CT molecular complexity index is 469. The number of nitrogens with two attached hydrogens (primary N) is 1. The van der Waals surface area contributed by atoms with E-state index in [4.69, 9.17) is 15.5 Å². The largest absolute Gasteiger partial charge is 0.368 e. The number of rotatable bonds is 3. The molecule has 0 aromatic carbocycles. The van der Waals surface area contributed by atoms with Gasteiger partial charge in [0.1, 0.15) is 10.6 Å². The van der Waals surface area contributed by atoms with Gasteiger partial charge in [-0.25, -0.2) is 4.98 Å². The van der Waals surface area contributed by atoms with E-state index < -0.39 is 0 Å². The fraction of sp³-hybridized carbons (Fsp3) is 0.812. The molecule has 3 rings (SSSR count). The summed E-state index contributed by atoms with van der Waals surface area (Å²) in [6.07, 6.45) is 8.23. The second-order valence-corrected chi connectivity index (χ2v) is 7.54. The molecule has 0 aliphatic heterocycles. The summed E-state index contributed by atoms with van der Waals surface area (Å²) in [5.74, 6) is 0.727. The van der Waals surface area contributed by atoms with Gasteiger partial charge in [-0.3, -0.25) is 0 Å². The molecule has 0 amide bonds. The Morgan fingerprint density at radius 2 is 2.25 bits per heavy atom. The molecule has 0 saturated heterocycles. The van der Waals surface area contributed by atoms with Crippen molar-refractivity contribution in [3.63, 3.8) is 0 Å². The van der Waals surface area contributed by atoms with Crippen molar-refractivity contribution in [2.24, 2.45) is 11.7 Å². The zero-order chi connectivity index (χ0) is 14.2. The molecule has 0 bridgehead atoms. The molecule has 2 aliphatic carbocycles. The molecule has 4 heteroatoms. The molecule has 0 radical (unpaired) electrons. The Hall–Kier alpha value is -0.450. The van der Waals surface area contributed by atoms with Gasteiger partial charge in [-0.15, -0.1) is 11.3 Å². The zero-order valence-corrected chi connectivity index (χ0v) is 13.5. The molecule has 0 spiro atoms. The first kappa shape index (κ1) is 14.5. The molecule has 2 aliphatic rings. The van der Waals surface area contributed by atoms with E-state index in [1.54, 1.807) is 0 Å². The third-order valence-electron chi connectivity index (χ3n) is 4.76. The topological polar surface area (TPSA) is 48.1 Å². The van der Waals surface area contributed by atoms with E-state index >= 15 is 0 Å². The Balaban J connectivity index is 1.95. The highest BCUT2D eigenvalue weighted by molar-refractivity contribution is 7.11. The van der Waals surface area contributed by atoms with Crippen LogP contribution in [0.2, 0.25) is 0 Å². The van der Waals surface area contributed by atoms with E-state index in [0.717, 1.165) is 43.9 Å². The van der Waals surface area contributed by atoms with E-state index in [0.29, 0.717) is 0 Å². The number of ether oxygens (including phenoxy) is 1. The van der Waals surface area contributed by atoms with Crippen LogP contribution >= 0.6 is 11.3 Å². The average molecular weight is 294 g/mol. The molecule has 1 aromatic heterocycles. The maximum atomic E-state index is 6.25. The molecule has 1 fully saturated rings. The third kappa shape index (κ3) is 2.53. The molecular weight excluding hydrogens is 268 g/mol. The van der Waals surface area contributed by atoms with E-state index in [9.17, 15) is 0 Å². The van der Waals surface area contributed by atoms with Crippen molar-refractivity contribution >= 4 is 11.3 Å². The van der Waals surface area contributed by atoms with Gasteiger partial charge in [0.25, 0.3) is 0 Å². The molecule has 3 atom stereocenters. The van der Waals surface area contributed by atoms with Crippen molar-refractivity contribution < 1.29 is 4.74 Å². The summed E-state index contributed by atoms with van der Waals surface area (Å²) < 4.78 is 6.25. The quantitative estimate of drug-likeness (QED) is 0.919. The van der Waals surface area contributed by atoms with Crippen LogP contribution in [0.15, 0.2) is 0 Å². The molecule has 112 valence electrons. The van der Waals surface area contributed by atoms with E-state index in [1.807, 2.05) is 11.3 Å². The summed E-state index contributed by atoms with van der Waals surface area (Å²) in [4.78, 5) is 6.36. The van der Waals surface area contributed by atoms with E-state index in [1.165, 1.54) is 29.1 Å². The van der Waals surface area contributed by atoms with E-state index in [-0.39, 0.29) is 11.6 Å². The van der Waals surface area contributed by atoms with Gasteiger partial charge >= 0.3 is 0 Å². The predicted octanol–water partition coefficient (Wildman–Crippen LogP) is 3.92. The van der Waals surface area contributed by atoms with Gasteiger partial charge in [0.05, 0.1) is 5.69 Å². The summed E-state index contributed by atoms with van der Waals surface area (Å²) in [6.45, 7) is 5.20. The lowest BCUT2D eigenvalue weighted by Gasteiger charge is -2.38. The Morgan fingerprint density at radius 3 is 2.95 bits per heavy atom. The van der Waals surface area contributed by atoms with Gasteiger partial charge in [-0.1, -0.05) is 13.3 Å². The minimum Gasteiger partial charge on any atom is -0.368 e. The number of aryl methyl sites for hydroxylation is 1. The van der Waals surface area contributed by atoms with Crippen LogP contribution in [0.25, 0.3) is 0 Å². The smallest absolute Gasteiger partial charge is 0.125 e. The first-order valence-electron chi connectivity index (χ1n) is 8.04. The van der Waals surface area contributed by atoms with Gasteiger partial charge in [0, 0.05) is 17.5 Å². The Labute approximate surface area is 125 Å². The Kier molecular flexibility index (Phi) is 4.16. The summed E-state index contributed by atoms with van der Waals surface area (Å²) >= 11 is 1.87. The van der Waals surface area contributed by atoms with Crippen LogP contribution in [0.3, 0.4) is 0 Å². The standard InChI is InChI=1S/C16H26N2OS/c1-3-19-16(9-5-6-11(2)10-16)15-18-14-12(17)7-4-8-13(14)20-15/h11-12H,3-10,17H2,1-2H3. The number of aromatic nitrogens is 1. The molecular formula is C16H26N2OS. The summed E-state index contributed by atoms with van der Waals surface area (Å²) in [6, 6.07) is 0.142. The lowest BCUT2D eigenvalue weighted by molar-refractivity contribution is -0.0821. The maximum absolute atomic E-state index is 6.25. The van der Waals surface area contributed by atoms with E-state index in [2.05, 4.69) is 13.8 Å². The molecule has 1 aromatic rings. The molecule has 1 saturated carbocycles. The summed E-state index contributed by atoms with van der Waals surface area (Å²) in [5.41, 5.74) is 7.27. The number of nitrogens with zero attached hydrogens (tertiary/aromatic N) is 1. The monoisotopic (exact) mass is 294 g/mol. The zero-order valence-electron chi connectivity index (χ0n) is 12.7. The minimum absolute atomic E-state index is 0.131. The van der Waals surface area contributed by atoms with Gasteiger partial charge in [-0.05, 0) is 51.4 Å². The van der Waals surface area contributed by atoms with Crippen LogP contribution in [-0.4, -0.2) is 11.6 Å². The van der Waals surface area contributed by atoms with Gasteiger partial charge in [0.15, 0.2) is 0 Å². The van der Waals surface area contributed by atoms with Crippen LogP contribution < -0.4 is 5.73 Å². The highest BCUT2D eigenvalue weighted by Gasteiger charge is 2.41. The molecule has 3 unspecified atom stereocenters. The fourth-order valence-corrected chi connectivity index (χ4v) is 5.17. The SMILES string of the molecule is CCOC1(c2nc3c(s2)CCCC3N)CCCC(C)C1. The van der Waals surface area contributed by atoms with Crippen LogP contribution in [0.4, 0.5) is 0 Å².